The molecule has 4 saturated carbocycles. The van der Waals surface area contributed by atoms with Crippen LogP contribution in [0.1, 0.15) is 91.7 Å². The molecule has 0 spiro atoms. The third-order valence-electron chi connectivity index (χ3n) is 13.2. The van der Waals surface area contributed by atoms with Gasteiger partial charge in [-0.05, 0) is 83.0 Å². The van der Waals surface area contributed by atoms with Crippen LogP contribution in [0.3, 0.4) is 0 Å². The number of hydrogen-bond acceptors (Lipinski definition) is 3. The molecule has 2 heterocycles. The highest BCUT2D eigenvalue weighted by atomic mass is 16.7. The molecular weight excluding hydrogens is 420 g/mol. The number of hydrogen-bond donors (Lipinski definition) is 0. The molecule has 0 unspecified atom stereocenters. The smallest absolute Gasteiger partial charge is 0.159 e. The number of benzene rings is 1. The molecule has 1 aromatic rings. The van der Waals surface area contributed by atoms with E-state index in [0.717, 1.165) is 24.7 Å². The van der Waals surface area contributed by atoms with Gasteiger partial charge in [-0.15, -0.1) is 0 Å². The van der Waals surface area contributed by atoms with Crippen LogP contribution in [0.15, 0.2) is 30.3 Å². The number of fused-ring (bicyclic) bond motifs is 10. The summed E-state index contributed by atoms with van der Waals surface area (Å²) in [4.78, 5) is 0. The van der Waals surface area contributed by atoms with Crippen LogP contribution in [0.4, 0.5) is 0 Å². The fourth-order valence-electron chi connectivity index (χ4n) is 10.5. The number of rotatable bonds is 4. The van der Waals surface area contributed by atoms with Gasteiger partial charge in [0.15, 0.2) is 6.29 Å². The zero-order valence-corrected chi connectivity index (χ0v) is 22.1. The van der Waals surface area contributed by atoms with Crippen LogP contribution < -0.4 is 0 Å². The largest absolute Gasteiger partial charge is 0.371 e. The average molecular weight is 465 g/mol. The first kappa shape index (κ1) is 22.3. The molecule has 4 bridgehead atoms. The quantitative estimate of drug-likeness (QED) is 0.473. The Kier molecular flexibility index (Phi) is 4.52. The van der Waals surface area contributed by atoms with Crippen LogP contribution in [-0.4, -0.2) is 24.6 Å². The summed E-state index contributed by atoms with van der Waals surface area (Å²) in [7, 11) is 0. The highest BCUT2D eigenvalue weighted by molar-refractivity contribution is 5.23. The predicted molar refractivity (Wildman–Crippen MR) is 133 cm³/mol. The van der Waals surface area contributed by atoms with Gasteiger partial charge in [0.25, 0.3) is 0 Å². The molecule has 1 aromatic carbocycles. The summed E-state index contributed by atoms with van der Waals surface area (Å²) in [6.45, 7) is 14.9. The van der Waals surface area contributed by atoms with Gasteiger partial charge in [-0.2, -0.15) is 0 Å². The van der Waals surface area contributed by atoms with Crippen LogP contribution in [-0.2, 0) is 14.2 Å². The van der Waals surface area contributed by atoms with Gasteiger partial charge in [0.05, 0.1) is 18.3 Å². The van der Waals surface area contributed by atoms with Crippen molar-refractivity contribution in [3.8, 4) is 0 Å². The Hall–Kier alpha value is -0.900. The molecule has 34 heavy (non-hydrogen) atoms. The van der Waals surface area contributed by atoms with Crippen molar-refractivity contribution < 1.29 is 14.2 Å². The average Bonchev–Trinajstić information content (AvgIpc) is 3.57. The maximum atomic E-state index is 7.01. The molecule has 186 valence electrons. The SMILES string of the molecule is CC1(C)[C@@H]2CC[C@@]1(C)[C@@H]1O[C@@H](O[C@H](c3ccccc3)[C@H]3C[C@@H]4[C@H]5CC[C@@](C)([C@@H]4O3)C5(C)C)C[C@H]21. The second-order valence-corrected chi connectivity index (χ2v) is 14.4. The van der Waals surface area contributed by atoms with E-state index in [1.807, 2.05) is 0 Å². The molecule has 6 fully saturated rings. The summed E-state index contributed by atoms with van der Waals surface area (Å²) in [5.74, 6) is 2.87. The Morgan fingerprint density at radius 3 is 1.88 bits per heavy atom. The lowest BCUT2D eigenvalue weighted by Gasteiger charge is -2.40. The second kappa shape index (κ2) is 6.90. The van der Waals surface area contributed by atoms with Gasteiger partial charge < -0.3 is 14.2 Å². The van der Waals surface area contributed by atoms with Gasteiger partial charge >= 0.3 is 0 Å². The molecule has 2 aliphatic heterocycles. The second-order valence-electron chi connectivity index (χ2n) is 14.4. The zero-order valence-electron chi connectivity index (χ0n) is 22.1. The molecule has 0 radical (unpaired) electrons. The minimum Gasteiger partial charge on any atom is -0.371 e. The summed E-state index contributed by atoms with van der Waals surface area (Å²) in [6, 6.07) is 10.8. The van der Waals surface area contributed by atoms with Crippen LogP contribution in [0.5, 0.6) is 0 Å². The molecule has 11 atom stereocenters. The lowest BCUT2D eigenvalue weighted by atomic mass is 9.70. The zero-order chi connectivity index (χ0) is 23.7. The third kappa shape index (κ3) is 2.55. The Labute approximate surface area is 206 Å². The van der Waals surface area contributed by atoms with Gasteiger partial charge in [0.1, 0.15) is 6.10 Å². The molecule has 4 aliphatic carbocycles. The van der Waals surface area contributed by atoms with E-state index in [1.165, 1.54) is 31.2 Å². The van der Waals surface area contributed by atoms with Gasteiger partial charge in [-0.1, -0.05) is 71.9 Å². The van der Waals surface area contributed by atoms with Crippen LogP contribution in [0, 0.1) is 45.3 Å². The molecule has 0 aromatic heterocycles. The fourth-order valence-corrected chi connectivity index (χ4v) is 10.5. The lowest BCUT2D eigenvalue weighted by Crippen LogP contribution is -2.39. The predicted octanol–water partition coefficient (Wildman–Crippen LogP) is 7.16. The Morgan fingerprint density at radius 1 is 0.765 bits per heavy atom. The van der Waals surface area contributed by atoms with E-state index < -0.39 is 0 Å². The molecular formula is C31H44O3. The van der Waals surface area contributed by atoms with Crippen molar-refractivity contribution in [2.75, 3.05) is 0 Å². The molecule has 0 amide bonds. The summed E-state index contributed by atoms with van der Waals surface area (Å²) in [5, 5.41) is 0. The van der Waals surface area contributed by atoms with E-state index in [0.29, 0.717) is 40.3 Å². The van der Waals surface area contributed by atoms with Crippen molar-refractivity contribution in [1.82, 2.24) is 0 Å². The van der Waals surface area contributed by atoms with E-state index in [2.05, 4.69) is 71.9 Å². The van der Waals surface area contributed by atoms with E-state index >= 15 is 0 Å². The maximum absolute atomic E-state index is 7.01. The van der Waals surface area contributed by atoms with Crippen molar-refractivity contribution >= 4 is 0 Å². The first-order chi connectivity index (χ1) is 16.1. The first-order valence-electron chi connectivity index (χ1n) is 14.1. The molecule has 0 N–H and O–H groups in total. The molecule has 2 saturated heterocycles. The van der Waals surface area contributed by atoms with Crippen LogP contribution in [0.2, 0.25) is 0 Å². The summed E-state index contributed by atoms with van der Waals surface area (Å²) < 4.78 is 20.7. The Balaban J connectivity index is 1.14. The van der Waals surface area contributed by atoms with E-state index in [1.54, 1.807) is 0 Å². The van der Waals surface area contributed by atoms with Gasteiger partial charge in [-0.3, -0.25) is 0 Å². The summed E-state index contributed by atoms with van der Waals surface area (Å²) in [5.41, 5.74) is 2.57. The molecule has 3 nitrogen and oxygen atoms in total. The maximum Gasteiger partial charge on any atom is 0.159 e. The van der Waals surface area contributed by atoms with Gasteiger partial charge in [0.2, 0.25) is 0 Å². The number of ether oxygens (including phenoxy) is 3. The lowest BCUT2D eigenvalue weighted by molar-refractivity contribution is -0.212. The Morgan fingerprint density at radius 2 is 1.32 bits per heavy atom. The third-order valence-corrected chi connectivity index (χ3v) is 13.2. The van der Waals surface area contributed by atoms with Gasteiger partial charge in [0, 0.05) is 6.42 Å². The minimum absolute atomic E-state index is 0.0415. The van der Waals surface area contributed by atoms with E-state index in [-0.39, 0.29) is 23.9 Å². The summed E-state index contributed by atoms with van der Waals surface area (Å²) >= 11 is 0. The van der Waals surface area contributed by atoms with Crippen molar-refractivity contribution in [1.29, 1.82) is 0 Å². The van der Waals surface area contributed by atoms with Gasteiger partial charge in [-0.25, -0.2) is 0 Å². The monoisotopic (exact) mass is 464 g/mol. The topological polar surface area (TPSA) is 27.7 Å². The van der Waals surface area contributed by atoms with E-state index in [9.17, 15) is 0 Å². The van der Waals surface area contributed by atoms with Crippen molar-refractivity contribution in [3.63, 3.8) is 0 Å². The van der Waals surface area contributed by atoms with Crippen LogP contribution in [0.25, 0.3) is 0 Å². The fraction of sp³-hybridized carbons (Fsp3) is 0.806. The van der Waals surface area contributed by atoms with E-state index in [4.69, 9.17) is 14.2 Å². The van der Waals surface area contributed by atoms with Crippen molar-refractivity contribution in [3.05, 3.63) is 35.9 Å². The highest BCUT2D eigenvalue weighted by Crippen LogP contribution is 2.73. The van der Waals surface area contributed by atoms with Crippen molar-refractivity contribution in [2.45, 2.75) is 111 Å². The van der Waals surface area contributed by atoms with Crippen LogP contribution >= 0.6 is 0 Å². The summed E-state index contributed by atoms with van der Waals surface area (Å²) in [6.07, 6.45) is 8.20. The highest BCUT2D eigenvalue weighted by Gasteiger charge is 2.71. The molecule has 6 aliphatic rings. The molecule has 7 rings (SSSR count). The standard InChI is InChI=1S/C31H44O3/c1-28(2)21-12-14-30(28,5)26-19(21)16-23(32-26)25(18-10-8-7-9-11-18)33-24-17-20-22-13-15-31(6,27(20)34-24)29(22,3)4/h7-11,19-27H,12-17H2,1-6H3/t19-,20-,21-,22-,23-,24-,25-,26-,27-,30+,31+/m1/s1. The van der Waals surface area contributed by atoms with Crippen molar-refractivity contribution in [2.24, 2.45) is 45.3 Å². The first-order valence-corrected chi connectivity index (χ1v) is 14.1. The normalized spacial score (nSPS) is 52.2. The molecule has 3 heteroatoms. The Bertz CT molecular complexity index is 970. The minimum atomic E-state index is -0.107.